The van der Waals surface area contributed by atoms with Crippen molar-refractivity contribution < 1.29 is 4.79 Å². The molecule has 0 bridgehead atoms. The molecule has 4 aromatic rings. The summed E-state index contributed by atoms with van der Waals surface area (Å²) >= 11 is 7.55. The molecule has 0 fully saturated rings. The first-order valence-electron chi connectivity index (χ1n) is 8.54. The molecule has 2 aromatic heterocycles. The molecule has 27 heavy (non-hydrogen) atoms. The van der Waals surface area contributed by atoms with Gasteiger partial charge in [-0.25, -0.2) is 4.98 Å². The van der Waals surface area contributed by atoms with Gasteiger partial charge >= 0.3 is 0 Å². The number of fused-ring (bicyclic) bond motifs is 1. The fourth-order valence-electron chi connectivity index (χ4n) is 3.15. The van der Waals surface area contributed by atoms with Crippen molar-refractivity contribution in [3.8, 4) is 10.6 Å². The minimum atomic E-state index is -0.160. The van der Waals surface area contributed by atoms with Crippen molar-refractivity contribution in [3.05, 3.63) is 81.7 Å². The summed E-state index contributed by atoms with van der Waals surface area (Å²) in [5.74, 6) is -0.160. The molecule has 134 valence electrons. The van der Waals surface area contributed by atoms with Gasteiger partial charge < -0.3 is 5.32 Å². The van der Waals surface area contributed by atoms with Crippen LogP contribution >= 0.6 is 22.9 Å². The van der Waals surface area contributed by atoms with Crippen LogP contribution in [0, 0.1) is 13.8 Å². The minimum absolute atomic E-state index is 0.160. The lowest BCUT2D eigenvalue weighted by molar-refractivity contribution is 0.102. The molecule has 0 atom stereocenters. The number of anilines is 1. The fraction of sp³-hybridized carbons (Fsp3) is 0.0909. The van der Waals surface area contributed by atoms with Gasteiger partial charge in [0.05, 0.1) is 21.7 Å². The number of pyridine rings is 1. The Balaban J connectivity index is 1.86. The molecule has 1 amide bonds. The van der Waals surface area contributed by atoms with E-state index in [0.717, 1.165) is 32.6 Å². The topological polar surface area (TPSA) is 42.0 Å². The molecule has 4 rings (SSSR count). The van der Waals surface area contributed by atoms with E-state index in [0.29, 0.717) is 16.3 Å². The minimum Gasteiger partial charge on any atom is -0.322 e. The van der Waals surface area contributed by atoms with Gasteiger partial charge in [0.15, 0.2) is 0 Å². The van der Waals surface area contributed by atoms with Crippen LogP contribution < -0.4 is 5.32 Å². The van der Waals surface area contributed by atoms with E-state index in [-0.39, 0.29) is 5.91 Å². The number of benzene rings is 2. The highest BCUT2D eigenvalue weighted by Crippen LogP contribution is 2.30. The number of amides is 1. The first-order chi connectivity index (χ1) is 13.0. The molecular weight excluding hydrogens is 376 g/mol. The fourth-order valence-corrected chi connectivity index (χ4v) is 3.96. The van der Waals surface area contributed by atoms with E-state index in [9.17, 15) is 4.79 Å². The first kappa shape index (κ1) is 17.7. The number of nitrogens with one attached hydrogen (secondary N) is 1. The zero-order valence-electron chi connectivity index (χ0n) is 14.9. The van der Waals surface area contributed by atoms with E-state index in [1.54, 1.807) is 35.6 Å². The van der Waals surface area contributed by atoms with Crippen LogP contribution in [0.4, 0.5) is 5.69 Å². The molecule has 0 spiro atoms. The van der Waals surface area contributed by atoms with Crippen LogP contribution in [0.5, 0.6) is 0 Å². The van der Waals surface area contributed by atoms with Gasteiger partial charge in [-0.15, -0.1) is 11.3 Å². The van der Waals surface area contributed by atoms with Crippen LogP contribution in [0.3, 0.4) is 0 Å². The number of aryl methyl sites for hydroxylation is 2. The van der Waals surface area contributed by atoms with Crippen molar-refractivity contribution in [2.24, 2.45) is 0 Å². The lowest BCUT2D eigenvalue weighted by Crippen LogP contribution is -2.13. The zero-order chi connectivity index (χ0) is 19.0. The normalized spacial score (nSPS) is 10.9. The van der Waals surface area contributed by atoms with Gasteiger partial charge in [0, 0.05) is 16.1 Å². The molecular formula is C22H17ClN2OS. The third kappa shape index (κ3) is 3.59. The smallest absolute Gasteiger partial charge is 0.256 e. The summed E-state index contributed by atoms with van der Waals surface area (Å²) in [4.78, 5) is 19.0. The monoisotopic (exact) mass is 392 g/mol. The summed E-state index contributed by atoms with van der Waals surface area (Å²) < 4.78 is 0. The molecule has 2 aromatic carbocycles. The number of aromatic nitrogens is 1. The second kappa shape index (κ2) is 7.14. The van der Waals surface area contributed by atoms with Crippen molar-refractivity contribution in [1.29, 1.82) is 0 Å². The van der Waals surface area contributed by atoms with Crippen molar-refractivity contribution >= 4 is 45.4 Å². The predicted octanol–water partition coefficient (Wildman–Crippen LogP) is 6.49. The molecule has 0 saturated carbocycles. The van der Waals surface area contributed by atoms with E-state index in [1.165, 1.54) is 0 Å². The molecule has 0 aliphatic heterocycles. The summed E-state index contributed by atoms with van der Waals surface area (Å²) in [7, 11) is 0. The highest BCUT2D eigenvalue weighted by atomic mass is 35.5. The Hall–Kier alpha value is -2.69. The lowest BCUT2D eigenvalue weighted by atomic mass is 10.0. The van der Waals surface area contributed by atoms with Crippen LogP contribution in [0.2, 0.25) is 5.02 Å². The maximum Gasteiger partial charge on any atom is 0.256 e. The maximum absolute atomic E-state index is 13.1. The number of hydrogen-bond donors (Lipinski definition) is 1. The molecule has 0 saturated heterocycles. The number of nitrogens with zero attached hydrogens (tertiary/aromatic N) is 1. The van der Waals surface area contributed by atoms with Gasteiger partial charge in [0.25, 0.3) is 5.91 Å². The predicted molar refractivity (Wildman–Crippen MR) is 114 cm³/mol. The Bertz CT molecular complexity index is 1140. The number of halogens is 1. The number of carbonyl (C=O) groups excluding carboxylic acids is 1. The largest absolute Gasteiger partial charge is 0.322 e. The van der Waals surface area contributed by atoms with Crippen molar-refractivity contribution in [2.45, 2.75) is 13.8 Å². The lowest BCUT2D eigenvalue weighted by Gasteiger charge is -2.12. The van der Waals surface area contributed by atoms with Gasteiger partial charge in [-0.3, -0.25) is 4.79 Å². The summed E-state index contributed by atoms with van der Waals surface area (Å²) in [6.45, 7) is 4.06. The van der Waals surface area contributed by atoms with Crippen LogP contribution in [-0.2, 0) is 0 Å². The highest BCUT2D eigenvalue weighted by molar-refractivity contribution is 7.13. The quantitative estimate of drug-likeness (QED) is 0.433. The number of hydrogen-bond acceptors (Lipinski definition) is 3. The van der Waals surface area contributed by atoms with Gasteiger partial charge in [-0.2, -0.15) is 0 Å². The third-order valence-electron chi connectivity index (χ3n) is 4.37. The molecule has 1 N–H and O–H groups in total. The van der Waals surface area contributed by atoms with Crippen molar-refractivity contribution in [3.63, 3.8) is 0 Å². The Morgan fingerprint density at radius 3 is 2.56 bits per heavy atom. The van der Waals surface area contributed by atoms with Crippen LogP contribution in [0.25, 0.3) is 21.5 Å². The summed E-state index contributed by atoms with van der Waals surface area (Å²) in [5.41, 5.74) is 5.15. The van der Waals surface area contributed by atoms with Gasteiger partial charge in [0.1, 0.15) is 0 Å². The average Bonchev–Trinajstić information content (AvgIpc) is 3.17. The molecule has 5 heteroatoms. The molecule has 0 aliphatic carbocycles. The van der Waals surface area contributed by atoms with E-state index in [1.807, 2.05) is 43.5 Å². The maximum atomic E-state index is 13.1. The molecule has 0 radical (unpaired) electrons. The summed E-state index contributed by atoms with van der Waals surface area (Å²) in [6, 6.07) is 17.1. The van der Waals surface area contributed by atoms with Crippen LogP contribution in [0.1, 0.15) is 21.5 Å². The van der Waals surface area contributed by atoms with E-state index >= 15 is 0 Å². The molecule has 0 unspecified atom stereocenters. The third-order valence-corrected chi connectivity index (χ3v) is 5.51. The number of carbonyl (C=O) groups is 1. The second-order valence-electron chi connectivity index (χ2n) is 6.47. The second-order valence-corrected chi connectivity index (χ2v) is 7.86. The molecule has 0 aliphatic rings. The summed E-state index contributed by atoms with van der Waals surface area (Å²) in [6.07, 6.45) is 0. The van der Waals surface area contributed by atoms with Crippen molar-refractivity contribution in [2.75, 3.05) is 5.32 Å². The van der Waals surface area contributed by atoms with E-state index in [4.69, 9.17) is 16.6 Å². The van der Waals surface area contributed by atoms with Crippen LogP contribution in [-0.4, -0.2) is 10.9 Å². The first-order valence-corrected chi connectivity index (χ1v) is 9.80. The SMILES string of the molecule is Cc1cc(C)c2nc(-c3cccs3)cc(C(=O)Nc3ccc(Cl)cc3)c2c1. The zero-order valence-corrected chi connectivity index (χ0v) is 16.5. The number of thiophene rings is 1. The average molecular weight is 393 g/mol. The highest BCUT2D eigenvalue weighted by Gasteiger charge is 2.16. The molecule has 2 heterocycles. The Morgan fingerprint density at radius 2 is 1.85 bits per heavy atom. The standard InChI is InChI=1S/C22H17ClN2OS/c1-13-10-14(2)21-17(11-13)18(12-19(25-21)20-4-3-9-27-20)22(26)24-16-7-5-15(23)6-8-16/h3-12H,1-2H3,(H,24,26). The van der Waals surface area contributed by atoms with Gasteiger partial charge in [0.2, 0.25) is 0 Å². The van der Waals surface area contributed by atoms with Gasteiger partial charge in [-0.1, -0.05) is 29.3 Å². The number of rotatable bonds is 3. The summed E-state index contributed by atoms with van der Waals surface area (Å²) in [5, 5.41) is 6.47. The molecule has 3 nitrogen and oxygen atoms in total. The Morgan fingerprint density at radius 1 is 1.07 bits per heavy atom. The van der Waals surface area contributed by atoms with Crippen molar-refractivity contribution in [1.82, 2.24) is 4.98 Å². The van der Waals surface area contributed by atoms with Crippen LogP contribution in [0.15, 0.2) is 60.0 Å². The Labute approximate surface area is 166 Å². The van der Waals surface area contributed by atoms with Gasteiger partial charge in [-0.05, 0) is 67.3 Å². The van der Waals surface area contributed by atoms with E-state index in [2.05, 4.69) is 11.4 Å². The Kier molecular flexibility index (Phi) is 4.68. The van der Waals surface area contributed by atoms with E-state index < -0.39 is 0 Å².